The molecule has 1 unspecified atom stereocenters. The Morgan fingerprint density at radius 1 is 1.37 bits per heavy atom. The molecule has 0 saturated carbocycles. The second-order valence-corrected chi connectivity index (χ2v) is 5.09. The first-order valence-electron chi connectivity index (χ1n) is 6.15. The maximum Gasteiger partial charge on any atom is 0.311 e. The highest BCUT2D eigenvalue weighted by Gasteiger charge is 2.31. The van der Waals surface area contributed by atoms with Gasteiger partial charge < -0.3 is 10.5 Å². The zero-order valence-electron chi connectivity index (χ0n) is 11.4. The summed E-state index contributed by atoms with van der Waals surface area (Å²) in [4.78, 5) is 11.7. The van der Waals surface area contributed by atoms with Crippen molar-refractivity contribution in [3.05, 3.63) is 35.4 Å². The Morgan fingerprint density at radius 3 is 2.53 bits per heavy atom. The Hall–Kier alpha value is -1.49. The molecule has 0 aliphatic heterocycles. The van der Waals surface area contributed by atoms with Gasteiger partial charge in [0.25, 0.3) is 0 Å². The summed E-state index contributed by atoms with van der Waals surface area (Å²) >= 11 is 0. The number of nitrogens with two attached hydrogens (primary N) is 1. The number of halogens is 2. The van der Waals surface area contributed by atoms with Crippen molar-refractivity contribution in [1.29, 1.82) is 0 Å². The zero-order chi connectivity index (χ0) is 14.6. The second-order valence-electron chi connectivity index (χ2n) is 5.09. The van der Waals surface area contributed by atoms with E-state index in [4.69, 9.17) is 10.5 Å². The predicted octanol–water partition coefficient (Wildman–Crippen LogP) is 2.94. The Labute approximate surface area is 111 Å². The summed E-state index contributed by atoms with van der Waals surface area (Å²) in [5, 5.41) is 0. The minimum atomic E-state index is -0.943. The molecular weight excluding hydrogens is 252 g/mol. The third kappa shape index (κ3) is 3.99. The van der Waals surface area contributed by atoms with E-state index in [2.05, 4.69) is 0 Å². The number of benzene rings is 1. The maximum absolute atomic E-state index is 13.1. The molecule has 1 atom stereocenters. The molecule has 5 heteroatoms. The lowest BCUT2D eigenvalue weighted by Gasteiger charge is -2.26. The van der Waals surface area contributed by atoms with Gasteiger partial charge >= 0.3 is 5.97 Å². The van der Waals surface area contributed by atoms with Gasteiger partial charge in [0.1, 0.15) is 0 Å². The topological polar surface area (TPSA) is 52.3 Å². The van der Waals surface area contributed by atoms with Crippen LogP contribution in [0.1, 0.15) is 38.8 Å². The summed E-state index contributed by atoms with van der Waals surface area (Å²) in [5.74, 6) is -2.21. The largest absolute Gasteiger partial charge is 0.466 e. The highest BCUT2D eigenvalue weighted by atomic mass is 19.2. The number of ether oxygens (including phenoxy) is 1. The summed E-state index contributed by atoms with van der Waals surface area (Å²) in [6, 6.07) is 2.95. The van der Waals surface area contributed by atoms with Crippen molar-refractivity contribution in [2.24, 2.45) is 11.1 Å². The van der Waals surface area contributed by atoms with Gasteiger partial charge in [0.15, 0.2) is 11.6 Å². The molecule has 1 aromatic rings. The summed E-state index contributed by atoms with van der Waals surface area (Å²) < 4.78 is 30.9. The van der Waals surface area contributed by atoms with Crippen LogP contribution < -0.4 is 5.73 Å². The van der Waals surface area contributed by atoms with Gasteiger partial charge in [-0.15, -0.1) is 0 Å². The molecule has 0 aliphatic rings. The molecule has 0 spiro atoms. The average Bonchev–Trinajstić information content (AvgIpc) is 2.32. The fraction of sp³-hybridized carbons (Fsp3) is 0.500. The van der Waals surface area contributed by atoms with Crippen molar-refractivity contribution >= 4 is 5.97 Å². The normalized spacial score (nSPS) is 13.2. The van der Waals surface area contributed by atoms with E-state index in [-0.39, 0.29) is 12.4 Å². The molecule has 19 heavy (non-hydrogen) atoms. The zero-order valence-corrected chi connectivity index (χ0v) is 11.4. The van der Waals surface area contributed by atoms with Crippen molar-refractivity contribution in [3.63, 3.8) is 0 Å². The van der Waals surface area contributed by atoms with Crippen LogP contribution in [0, 0.1) is 17.0 Å². The summed E-state index contributed by atoms with van der Waals surface area (Å²) in [6.07, 6.45) is 0.289. The fourth-order valence-corrected chi connectivity index (χ4v) is 1.82. The Kier molecular flexibility index (Phi) is 5.00. The first-order chi connectivity index (χ1) is 8.77. The minimum absolute atomic E-state index is 0.289. The van der Waals surface area contributed by atoms with Crippen LogP contribution in [0.3, 0.4) is 0 Å². The van der Waals surface area contributed by atoms with Gasteiger partial charge in [0, 0.05) is 6.04 Å². The molecule has 0 bridgehead atoms. The lowest BCUT2D eigenvalue weighted by Crippen LogP contribution is -2.31. The van der Waals surface area contributed by atoms with Crippen molar-refractivity contribution in [1.82, 2.24) is 0 Å². The molecular formula is C14H19F2NO2. The molecule has 0 heterocycles. The standard InChI is InChI=1S/C14H19F2NO2/c1-4-19-13(18)14(2,3)8-12(17)9-5-6-10(15)11(16)7-9/h5-7,12H,4,8,17H2,1-3H3. The molecule has 0 amide bonds. The van der Waals surface area contributed by atoms with E-state index in [0.717, 1.165) is 12.1 Å². The third-order valence-corrected chi connectivity index (χ3v) is 2.93. The van der Waals surface area contributed by atoms with Crippen molar-refractivity contribution in [2.45, 2.75) is 33.2 Å². The van der Waals surface area contributed by atoms with Gasteiger partial charge in [-0.3, -0.25) is 4.79 Å². The lowest BCUT2D eigenvalue weighted by molar-refractivity contribution is -0.154. The van der Waals surface area contributed by atoms with Crippen LogP contribution in [-0.2, 0) is 9.53 Å². The monoisotopic (exact) mass is 271 g/mol. The SMILES string of the molecule is CCOC(=O)C(C)(C)CC(N)c1ccc(F)c(F)c1. The quantitative estimate of drug-likeness (QED) is 0.838. The van der Waals surface area contributed by atoms with Gasteiger partial charge in [0.2, 0.25) is 0 Å². The van der Waals surface area contributed by atoms with Crippen molar-refractivity contribution in [2.75, 3.05) is 6.61 Å². The molecule has 3 nitrogen and oxygen atoms in total. The molecule has 1 rings (SSSR count). The summed E-state index contributed by atoms with van der Waals surface area (Å²) in [6.45, 7) is 5.45. The van der Waals surface area contributed by atoms with Gasteiger partial charge in [-0.25, -0.2) is 8.78 Å². The molecule has 2 N–H and O–H groups in total. The number of esters is 1. The Morgan fingerprint density at radius 2 is 2.00 bits per heavy atom. The fourth-order valence-electron chi connectivity index (χ4n) is 1.82. The molecule has 0 aromatic heterocycles. The smallest absolute Gasteiger partial charge is 0.311 e. The molecule has 0 radical (unpaired) electrons. The molecule has 1 aromatic carbocycles. The summed E-state index contributed by atoms with van der Waals surface area (Å²) in [7, 11) is 0. The van der Waals surface area contributed by atoms with Crippen molar-refractivity contribution in [3.8, 4) is 0 Å². The van der Waals surface area contributed by atoms with Crippen LogP contribution in [0.5, 0.6) is 0 Å². The van der Waals surface area contributed by atoms with Crippen LogP contribution in [0.2, 0.25) is 0 Å². The van der Waals surface area contributed by atoms with Crippen LogP contribution in [-0.4, -0.2) is 12.6 Å². The third-order valence-electron chi connectivity index (χ3n) is 2.93. The van der Waals surface area contributed by atoms with E-state index in [0.29, 0.717) is 12.2 Å². The lowest BCUT2D eigenvalue weighted by atomic mass is 9.84. The first-order valence-corrected chi connectivity index (χ1v) is 6.15. The number of carbonyl (C=O) groups excluding carboxylic acids is 1. The predicted molar refractivity (Wildman–Crippen MR) is 68.3 cm³/mol. The van der Waals surface area contributed by atoms with E-state index >= 15 is 0 Å². The van der Waals surface area contributed by atoms with Gasteiger partial charge in [-0.1, -0.05) is 6.07 Å². The average molecular weight is 271 g/mol. The van der Waals surface area contributed by atoms with E-state index in [1.54, 1.807) is 20.8 Å². The second kappa shape index (κ2) is 6.10. The minimum Gasteiger partial charge on any atom is -0.466 e. The van der Waals surface area contributed by atoms with E-state index in [1.165, 1.54) is 6.07 Å². The number of hydrogen-bond donors (Lipinski definition) is 1. The number of hydrogen-bond acceptors (Lipinski definition) is 3. The van der Waals surface area contributed by atoms with E-state index in [1.807, 2.05) is 0 Å². The number of carbonyl (C=O) groups is 1. The van der Waals surface area contributed by atoms with Crippen LogP contribution in [0.4, 0.5) is 8.78 Å². The highest BCUT2D eigenvalue weighted by Crippen LogP contribution is 2.30. The van der Waals surface area contributed by atoms with E-state index < -0.39 is 23.1 Å². The maximum atomic E-state index is 13.1. The van der Waals surface area contributed by atoms with Gasteiger partial charge in [-0.2, -0.15) is 0 Å². The number of rotatable bonds is 5. The first kappa shape index (κ1) is 15.6. The summed E-state index contributed by atoms with van der Waals surface area (Å²) in [5.41, 5.74) is 5.61. The Bertz CT molecular complexity index is 461. The van der Waals surface area contributed by atoms with Gasteiger partial charge in [-0.05, 0) is 44.9 Å². The van der Waals surface area contributed by atoms with Crippen LogP contribution >= 0.6 is 0 Å². The Balaban J connectivity index is 2.80. The van der Waals surface area contributed by atoms with Gasteiger partial charge in [0.05, 0.1) is 12.0 Å². The van der Waals surface area contributed by atoms with E-state index in [9.17, 15) is 13.6 Å². The highest BCUT2D eigenvalue weighted by molar-refractivity contribution is 5.75. The molecule has 0 fully saturated rings. The van der Waals surface area contributed by atoms with Crippen LogP contribution in [0.15, 0.2) is 18.2 Å². The molecule has 0 aliphatic carbocycles. The molecule has 0 saturated heterocycles. The van der Waals surface area contributed by atoms with Crippen molar-refractivity contribution < 1.29 is 18.3 Å². The molecule has 106 valence electrons. The van der Waals surface area contributed by atoms with Crippen LogP contribution in [0.25, 0.3) is 0 Å².